The maximum absolute atomic E-state index is 12.1. The second-order valence-electron chi connectivity index (χ2n) is 3.82. The summed E-state index contributed by atoms with van der Waals surface area (Å²) >= 11 is 5.56. The Morgan fingerprint density at radius 1 is 1.56 bits per heavy atom. The molecule has 86 valence electrons. The quantitative estimate of drug-likeness (QED) is 0.741. The van der Waals surface area contributed by atoms with Crippen LogP contribution in [0.4, 0.5) is 0 Å². The Balaban J connectivity index is 2.23. The number of likely N-dealkylation sites (tertiary alicyclic amines) is 1. The smallest absolute Gasteiger partial charge is 0.255 e. The average Bonchev–Trinajstić information content (AvgIpc) is 2.67. The lowest BCUT2D eigenvalue weighted by Gasteiger charge is -2.16. The van der Waals surface area contributed by atoms with Crippen molar-refractivity contribution in [2.75, 3.05) is 13.1 Å². The van der Waals surface area contributed by atoms with Crippen LogP contribution >= 0.6 is 38.5 Å². The van der Waals surface area contributed by atoms with Crippen LogP contribution < -0.4 is 0 Å². The molecule has 1 aliphatic rings. The number of aliphatic hydroxyl groups is 1. The Bertz CT molecular complexity index is 424. The number of halogens is 2. The predicted octanol–water partition coefficient (Wildman–Crippen LogP) is 2.26. The molecule has 1 atom stereocenters. The molecule has 16 heavy (non-hydrogen) atoms. The van der Waals surface area contributed by atoms with Crippen molar-refractivity contribution >= 4 is 44.4 Å². The fourth-order valence-electron chi connectivity index (χ4n) is 1.76. The van der Waals surface area contributed by atoms with Crippen LogP contribution in [0, 0.1) is 3.57 Å². The third-order valence-electron chi connectivity index (χ3n) is 2.61. The van der Waals surface area contributed by atoms with Crippen LogP contribution in [0.3, 0.4) is 0 Å². The van der Waals surface area contributed by atoms with Gasteiger partial charge in [-0.2, -0.15) is 0 Å². The lowest BCUT2D eigenvalue weighted by molar-refractivity contribution is 0.0764. The normalized spacial score (nSPS) is 20.2. The van der Waals surface area contributed by atoms with Crippen molar-refractivity contribution in [3.05, 3.63) is 31.8 Å². The van der Waals surface area contributed by atoms with Gasteiger partial charge in [-0.25, -0.2) is 0 Å². The van der Waals surface area contributed by atoms with E-state index in [1.54, 1.807) is 4.90 Å². The fourth-order valence-corrected chi connectivity index (χ4v) is 2.67. The first-order valence-electron chi connectivity index (χ1n) is 5.00. The van der Waals surface area contributed by atoms with Gasteiger partial charge in [-0.3, -0.25) is 4.79 Å². The first kappa shape index (κ1) is 12.3. The Morgan fingerprint density at radius 3 is 2.94 bits per heavy atom. The largest absolute Gasteiger partial charge is 0.391 e. The van der Waals surface area contributed by atoms with Crippen molar-refractivity contribution in [1.82, 2.24) is 4.90 Å². The van der Waals surface area contributed by atoms with E-state index in [0.717, 1.165) is 8.04 Å². The van der Waals surface area contributed by atoms with Crippen molar-refractivity contribution in [3.8, 4) is 0 Å². The molecule has 0 saturated carbocycles. The highest BCUT2D eigenvalue weighted by Crippen LogP contribution is 2.22. The molecule has 1 aromatic carbocycles. The van der Waals surface area contributed by atoms with Crippen LogP contribution in [0.5, 0.6) is 0 Å². The van der Waals surface area contributed by atoms with Gasteiger partial charge in [0.05, 0.1) is 11.7 Å². The van der Waals surface area contributed by atoms with Gasteiger partial charge in [-0.15, -0.1) is 0 Å². The first-order chi connectivity index (χ1) is 7.58. The topological polar surface area (TPSA) is 40.5 Å². The molecule has 0 spiro atoms. The minimum absolute atomic E-state index is 0.0121. The number of aliphatic hydroxyl groups excluding tert-OH is 1. The van der Waals surface area contributed by atoms with Crippen LogP contribution in [0.25, 0.3) is 0 Å². The van der Waals surface area contributed by atoms with Crippen LogP contribution in [0.2, 0.25) is 0 Å². The summed E-state index contributed by atoms with van der Waals surface area (Å²) in [6.07, 6.45) is 0.304. The van der Waals surface area contributed by atoms with Crippen LogP contribution in [-0.4, -0.2) is 35.1 Å². The summed E-state index contributed by atoms with van der Waals surface area (Å²) in [7, 11) is 0. The SMILES string of the molecule is O=C(c1cc(I)ccc1Br)N1CC[C@@H](O)C1. The summed E-state index contributed by atoms with van der Waals surface area (Å²) in [6, 6.07) is 5.68. The number of carbonyl (C=O) groups is 1. The van der Waals surface area contributed by atoms with Gasteiger partial charge in [0.15, 0.2) is 0 Å². The molecule has 0 radical (unpaired) electrons. The Morgan fingerprint density at radius 2 is 2.31 bits per heavy atom. The summed E-state index contributed by atoms with van der Waals surface area (Å²) in [4.78, 5) is 13.8. The molecule has 0 aromatic heterocycles. The van der Waals surface area contributed by atoms with E-state index in [4.69, 9.17) is 0 Å². The second kappa shape index (κ2) is 5.01. The Kier molecular flexibility index (Phi) is 3.86. The van der Waals surface area contributed by atoms with Gasteiger partial charge in [0.1, 0.15) is 0 Å². The van der Waals surface area contributed by atoms with E-state index in [1.165, 1.54) is 0 Å². The molecule has 1 aliphatic heterocycles. The lowest BCUT2D eigenvalue weighted by atomic mass is 10.2. The maximum Gasteiger partial charge on any atom is 0.255 e. The number of carbonyl (C=O) groups excluding carboxylic acids is 1. The van der Waals surface area contributed by atoms with E-state index in [-0.39, 0.29) is 12.0 Å². The number of benzene rings is 1. The highest BCUT2D eigenvalue weighted by molar-refractivity contribution is 14.1. The molecule has 1 saturated heterocycles. The highest BCUT2D eigenvalue weighted by atomic mass is 127. The number of β-amino-alcohol motifs (C(OH)–C–C–N with tert-alkyl or cyclic N) is 1. The molecule has 0 unspecified atom stereocenters. The van der Waals surface area contributed by atoms with E-state index in [2.05, 4.69) is 38.5 Å². The van der Waals surface area contributed by atoms with Gasteiger partial charge < -0.3 is 10.0 Å². The molecule has 2 rings (SSSR count). The van der Waals surface area contributed by atoms with Gasteiger partial charge in [-0.05, 0) is 63.1 Å². The Labute approximate surface area is 116 Å². The minimum atomic E-state index is -0.370. The van der Waals surface area contributed by atoms with Crippen LogP contribution in [-0.2, 0) is 0 Å². The van der Waals surface area contributed by atoms with Crippen molar-refractivity contribution in [2.24, 2.45) is 0 Å². The van der Waals surface area contributed by atoms with Crippen molar-refractivity contribution in [2.45, 2.75) is 12.5 Å². The second-order valence-corrected chi connectivity index (χ2v) is 5.92. The molecule has 0 aliphatic carbocycles. The van der Waals surface area contributed by atoms with Crippen molar-refractivity contribution in [1.29, 1.82) is 0 Å². The minimum Gasteiger partial charge on any atom is -0.391 e. The van der Waals surface area contributed by atoms with Crippen LogP contribution in [0.15, 0.2) is 22.7 Å². The first-order valence-corrected chi connectivity index (χ1v) is 6.87. The standard InChI is InChI=1S/C11H11BrINO2/c12-10-2-1-7(13)5-9(10)11(16)14-4-3-8(15)6-14/h1-2,5,8,15H,3-4,6H2/t8-/m1/s1. The third-order valence-corrected chi connectivity index (χ3v) is 3.97. The monoisotopic (exact) mass is 395 g/mol. The number of hydrogen-bond acceptors (Lipinski definition) is 2. The average molecular weight is 396 g/mol. The Hall–Kier alpha value is -0.140. The number of rotatable bonds is 1. The van der Waals surface area contributed by atoms with Gasteiger partial charge in [0.25, 0.3) is 5.91 Å². The van der Waals surface area contributed by atoms with Gasteiger partial charge in [-0.1, -0.05) is 0 Å². The molecule has 1 N–H and O–H groups in total. The number of nitrogens with zero attached hydrogens (tertiary/aromatic N) is 1. The van der Waals surface area contributed by atoms with Gasteiger partial charge >= 0.3 is 0 Å². The zero-order valence-corrected chi connectivity index (χ0v) is 12.2. The summed E-state index contributed by atoms with van der Waals surface area (Å²) in [5.41, 5.74) is 0.668. The summed E-state index contributed by atoms with van der Waals surface area (Å²) in [6.45, 7) is 1.08. The molecule has 1 aromatic rings. The van der Waals surface area contributed by atoms with Gasteiger partial charge in [0, 0.05) is 21.1 Å². The van der Waals surface area contributed by atoms with Crippen molar-refractivity contribution < 1.29 is 9.90 Å². The molecule has 1 amide bonds. The van der Waals surface area contributed by atoms with Crippen molar-refractivity contribution in [3.63, 3.8) is 0 Å². The molecule has 0 bridgehead atoms. The molecular formula is C11H11BrINO2. The molecule has 5 heteroatoms. The van der Waals surface area contributed by atoms with E-state index in [1.807, 2.05) is 18.2 Å². The number of amides is 1. The molecule has 1 heterocycles. The van der Waals surface area contributed by atoms with E-state index in [9.17, 15) is 9.90 Å². The molecule has 1 fully saturated rings. The fraction of sp³-hybridized carbons (Fsp3) is 0.364. The summed E-state index contributed by atoms with van der Waals surface area (Å²) < 4.78 is 1.84. The summed E-state index contributed by atoms with van der Waals surface area (Å²) in [5.74, 6) is -0.0121. The van der Waals surface area contributed by atoms with E-state index < -0.39 is 0 Å². The number of hydrogen-bond donors (Lipinski definition) is 1. The summed E-state index contributed by atoms with van der Waals surface area (Å²) in [5, 5.41) is 9.41. The highest BCUT2D eigenvalue weighted by Gasteiger charge is 2.26. The van der Waals surface area contributed by atoms with E-state index >= 15 is 0 Å². The lowest BCUT2D eigenvalue weighted by Crippen LogP contribution is -2.29. The maximum atomic E-state index is 12.1. The zero-order valence-electron chi connectivity index (χ0n) is 8.49. The van der Waals surface area contributed by atoms with E-state index in [0.29, 0.717) is 25.1 Å². The predicted molar refractivity (Wildman–Crippen MR) is 73.4 cm³/mol. The third kappa shape index (κ3) is 2.57. The molecule has 3 nitrogen and oxygen atoms in total. The van der Waals surface area contributed by atoms with Gasteiger partial charge in [0.2, 0.25) is 0 Å². The van der Waals surface area contributed by atoms with Crippen LogP contribution in [0.1, 0.15) is 16.8 Å². The zero-order chi connectivity index (χ0) is 11.7. The molecular weight excluding hydrogens is 385 g/mol.